The van der Waals surface area contributed by atoms with Gasteiger partial charge in [0.2, 0.25) is 5.71 Å². The van der Waals surface area contributed by atoms with Crippen LogP contribution in [0.4, 0.5) is 0 Å². The highest BCUT2D eigenvalue weighted by Gasteiger charge is 2.50. The Morgan fingerprint density at radius 2 is 0.773 bits per heavy atom. The fraction of sp³-hybridized carbons (Fsp3) is 0.101. The predicted octanol–water partition coefficient (Wildman–Crippen LogP) is 38.2. The molecule has 0 radical (unpaired) electrons. The number of hydrogen-bond donors (Lipinski definition) is 0. The third kappa shape index (κ3) is 12.8. The Morgan fingerprint density at radius 3 is 1.51 bits per heavy atom. The van der Waals surface area contributed by atoms with E-state index in [-0.39, 0.29) is 10.8 Å². The number of thiophene rings is 2. The Kier molecular flexibility index (Phi) is 19.4. The van der Waals surface area contributed by atoms with Crippen LogP contribution in [0.15, 0.2) is 424 Å². The zero-order valence-electron chi connectivity index (χ0n) is 83.5. The molecule has 20 aromatic carbocycles. The second-order valence-electron chi connectivity index (χ2n) is 42.0. The van der Waals surface area contributed by atoms with Crippen molar-refractivity contribution in [3.8, 4) is 101 Å². The van der Waals surface area contributed by atoms with Gasteiger partial charge in [-0.25, -0.2) is 24.9 Å². The van der Waals surface area contributed by atoms with Gasteiger partial charge in [0, 0.05) is 128 Å². The van der Waals surface area contributed by atoms with E-state index in [4.69, 9.17) is 47.6 Å². The van der Waals surface area contributed by atoms with Crippen LogP contribution >= 0.6 is 22.7 Å². The number of rotatable bonds is 10. The van der Waals surface area contributed by atoms with Gasteiger partial charge in [0.05, 0.1) is 28.0 Å². The van der Waals surface area contributed by atoms with Crippen molar-refractivity contribution in [3.05, 3.63) is 445 Å². The Labute approximate surface area is 871 Å². The van der Waals surface area contributed by atoms with E-state index in [1.807, 2.05) is 41.7 Å². The first-order valence-electron chi connectivity index (χ1n) is 51.9. The summed E-state index contributed by atoms with van der Waals surface area (Å²) in [7, 11) is 0. The minimum atomic E-state index is -0.491. The fourth-order valence-electron chi connectivity index (χ4n) is 26.3. The Bertz CT molecular complexity index is 10800. The molecule has 3 aliphatic carbocycles. The largest absolute Gasteiger partial charge is 0.456 e. The summed E-state index contributed by atoms with van der Waals surface area (Å²) in [5, 5.41) is 21.7. The van der Waals surface area contributed by atoms with E-state index in [0.29, 0.717) is 29.3 Å². The van der Waals surface area contributed by atoms with Gasteiger partial charge >= 0.3 is 0 Å². The molecular weight excluding hydrogens is 1870 g/mol. The number of fused-ring (bicyclic) bond motifs is 34. The summed E-state index contributed by atoms with van der Waals surface area (Å²) in [5.74, 6) is 3.34. The van der Waals surface area contributed by atoms with Gasteiger partial charge in [0.15, 0.2) is 17.5 Å². The third-order valence-electron chi connectivity index (χ3n) is 33.4. The molecule has 29 aromatic rings. The van der Waals surface area contributed by atoms with Gasteiger partial charge < -0.3 is 17.7 Å². The van der Waals surface area contributed by atoms with E-state index in [1.165, 1.54) is 130 Å². The van der Waals surface area contributed by atoms with E-state index in [1.54, 1.807) is 11.3 Å². The second-order valence-corrected chi connectivity index (χ2v) is 44.1. The Morgan fingerprint density at radius 1 is 0.240 bits per heavy atom. The average molecular weight is 1960 g/mol. The smallest absolute Gasteiger partial charge is 0.231 e. The van der Waals surface area contributed by atoms with E-state index < -0.39 is 5.41 Å². The molecule has 2 atom stereocenters. The third-order valence-corrected chi connectivity index (χ3v) is 35.6. The van der Waals surface area contributed by atoms with Gasteiger partial charge in [0.1, 0.15) is 43.9 Å². The van der Waals surface area contributed by atoms with Crippen molar-refractivity contribution >= 4 is 194 Å². The summed E-state index contributed by atoms with van der Waals surface area (Å²) in [6.45, 7) is 18.9. The lowest BCUT2D eigenvalue weighted by Crippen LogP contribution is -2.37. The van der Waals surface area contributed by atoms with E-state index in [2.05, 4.69) is 432 Å². The standard InChI is InChI=1S/C50H30N2OS.C45H34N2O2.C43H30N2OS/c1-50(30-15-3-2-4-16-30)41-28-43-39(34-20-9-11-24-42(34)53-43)27-38(41)35-22-13-23-37(46(35)50)47-45-36-21-10-12-25-44(36)54-49(45)52-48(51-47)40-26-29-14-5-6-17-31(29)32-18-7-8-19-33(32)40;1-25(2)45(26(3)4)34-15-9-7-13-31(34)39-35(45)20-22-38-40(39)33-24-29(19-21-37(33)48-38)42-41-32-14-8-10-16-36(32)49-44(41)47-43(46-42)30-18-17-27-11-5-6-12-28(27)23-30;1-24(2)43(3)32-18-17-26(21-29(32)30-22-31-27-13-7-9-15-35(27)46-36(31)23-33(30)43)42-44-34-19-20-38-39(28-14-8-10-16-37(28)47-38)40(34)41(45-42)25-11-5-4-6-12-25/h2-28H,1H3;5-26H,1-4H3;4-24H,1-3H3. The van der Waals surface area contributed by atoms with Crippen LogP contribution in [0, 0.1) is 17.8 Å². The molecule has 3 aliphatic rings. The molecule has 2 unspecified atom stereocenters. The topological polar surface area (TPSA) is 130 Å². The molecule has 0 saturated heterocycles. The monoisotopic (exact) mass is 1960 g/mol. The first-order chi connectivity index (χ1) is 73.6. The average Bonchev–Trinajstić information content (AvgIpc) is 1.58. The zero-order chi connectivity index (χ0) is 100. The van der Waals surface area contributed by atoms with Crippen LogP contribution in [0.2, 0.25) is 0 Å². The van der Waals surface area contributed by atoms with Crippen molar-refractivity contribution < 1.29 is 17.7 Å². The van der Waals surface area contributed by atoms with Crippen molar-refractivity contribution in [2.24, 2.45) is 17.8 Å². The summed E-state index contributed by atoms with van der Waals surface area (Å²) in [6.07, 6.45) is 0. The molecule has 9 heterocycles. The summed E-state index contributed by atoms with van der Waals surface area (Å²) in [5.41, 5.74) is 32.9. The molecule has 0 bridgehead atoms. The highest BCUT2D eigenvalue weighted by atomic mass is 32.1. The van der Waals surface area contributed by atoms with Crippen LogP contribution in [-0.4, -0.2) is 29.9 Å². The lowest BCUT2D eigenvalue weighted by molar-refractivity contribution is 0.280. The summed E-state index contributed by atoms with van der Waals surface area (Å²) in [4.78, 5) is 33.1. The van der Waals surface area contributed by atoms with E-state index >= 15 is 0 Å². The van der Waals surface area contributed by atoms with Gasteiger partial charge in [-0.05, 0) is 239 Å². The minimum Gasteiger partial charge on any atom is -0.456 e. The molecule has 10 nitrogen and oxygen atoms in total. The van der Waals surface area contributed by atoms with E-state index in [9.17, 15) is 0 Å². The van der Waals surface area contributed by atoms with E-state index in [0.717, 1.165) is 171 Å². The number of hydrogen-bond acceptors (Lipinski definition) is 12. The molecule has 150 heavy (non-hydrogen) atoms. The molecule has 12 heteroatoms. The number of furan rings is 4. The number of aromatic nitrogens is 6. The van der Waals surface area contributed by atoms with Crippen LogP contribution < -0.4 is 0 Å². The predicted molar refractivity (Wildman–Crippen MR) is 624 cm³/mol. The molecule has 712 valence electrons. The molecule has 0 amide bonds. The van der Waals surface area contributed by atoms with Crippen molar-refractivity contribution in [1.82, 2.24) is 29.9 Å². The van der Waals surface area contributed by atoms with Gasteiger partial charge in [-0.1, -0.05) is 346 Å². The molecule has 9 aromatic heterocycles. The normalized spacial score (nSPS) is 15.0. The number of benzene rings is 20. The quantitative estimate of drug-likeness (QED) is 0.122. The maximum atomic E-state index is 6.60. The highest BCUT2D eigenvalue weighted by Crippen LogP contribution is 2.63. The zero-order valence-corrected chi connectivity index (χ0v) is 85.2. The molecule has 32 rings (SSSR count). The SMILES string of the molecule is CC(C)C1(C(C)C)c2ccccc2-c2c1ccc1oc3ccc(-c4nc(-c5ccc6ccccc6c5)nc5oc6ccccc6c45)cc3c21.CC(C)C1(C)c2ccc(-c3nc(-c4ccccc4)c4c(ccc5sc6ccccc6c54)n3)cc2-c2cc3c(cc21)oc1ccccc13.CC1(c2ccccc2)c2cc3oc4ccccc4c3cc2-c2cccc(-c3nc(-c4cc5ccccc5c5ccccc45)nc4sc5ccccc5c34)c21. The lowest BCUT2D eigenvalue weighted by Gasteiger charge is -2.40. The van der Waals surface area contributed by atoms with Gasteiger partial charge in [-0.15, -0.1) is 22.7 Å². The molecule has 0 aliphatic heterocycles. The van der Waals surface area contributed by atoms with Crippen LogP contribution in [0.1, 0.15) is 94.3 Å². The van der Waals surface area contributed by atoms with Gasteiger partial charge in [-0.2, -0.15) is 4.98 Å². The summed E-state index contributed by atoms with van der Waals surface area (Å²) in [6, 6.07) is 145. The van der Waals surface area contributed by atoms with Crippen LogP contribution in [0.3, 0.4) is 0 Å². The highest BCUT2D eigenvalue weighted by molar-refractivity contribution is 7.26. The second kappa shape index (κ2) is 33.2. The molecule has 0 spiro atoms. The summed E-state index contributed by atoms with van der Waals surface area (Å²) < 4.78 is 29.6. The van der Waals surface area contributed by atoms with Crippen molar-refractivity contribution in [1.29, 1.82) is 0 Å². The Balaban J connectivity index is 0.000000104. The molecular formula is C138H94N6O4S2. The number of nitrogens with zero attached hydrogens (tertiary/aromatic N) is 6. The molecule has 0 fully saturated rings. The van der Waals surface area contributed by atoms with Crippen molar-refractivity contribution in [3.63, 3.8) is 0 Å². The number of para-hydroxylation sites is 3. The molecule has 0 N–H and O–H groups in total. The maximum Gasteiger partial charge on any atom is 0.231 e. The summed E-state index contributed by atoms with van der Waals surface area (Å²) >= 11 is 3.58. The van der Waals surface area contributed by atoms with Gasteiger partial charge in [-0.3, -0.25) is 0 Å². The van der Waals surface area contributed by atoms with Gasteiger partial charge in [0.25, 0.3) is 0 Å². The minimum absolute atomic E-state index is 0.0927. The van der Waals surface area contributed by atoms with Crippen LogP contribution in [-0.2, 0) is 16.2 Å². The first kappa shape index (κ1) is 87.7. The molecule has 0 saturated carbocycles. The fourth-order valence-corrected chi connectivity index (χ4v) is 28.5. The maximum absolute atomic E-state index is 6.60. The van der Waals surface area contributed by atoms with Crippen LogP contribution in [0.5, 0.6) is 0 Å². The first-order valence-corrected chi connectivity index (χ1v) is 53.5. The van der Waals surface area contributed by atoms with Crippen molar-refractivity contribution in [2.75, 3.05) is 0 Å². The van der Waals surface area contributed by atoms with Crippen LogP contribution in [0.25, 0.3) is 273 Å². The lowest BCUT2D eigenvalue weighted by atomic mass is 9.63. The Hall–Kier alpha value is -17.7. The van der Waals surface area contributed by atoms with Crippen molar-refractivity contribution in [2.45, 2.75) is 71.6 Å².